The minimum atomic E-state index is 0.200. The minimum Gasteiger partial charge on any atom is -0.491 e. The Hall–Kier alpha value is -2.10. The van der Waals surface area contributed by atoms with E-state index in [1.807, 2.05) is 12.1 Å². The molecule has 2 aromatic rings. The van der Waals surface area contributed by atoms with Gasteiger partial charge in [0.05, 0.1) is 6.04 Å². The fourth-order valence-corrected chi connectivity index (χ4v) is 2.61. The number of hydrogen-bond donors (Lipinski definition) is 1. The predicted molar refractivity (Wildman–Crippen MR) is 83.8 cm³/mol. The molecule has 1 atom stereocenters. The molecule has 1 heterocycles. The lowest BCUT2D eigenvalue weighted by Gasteiger charge is -2.17. The summed E-state index contributed by atoms with van der Waals surface area (Å²) in [7, 11) is 0. The van der Waals surface area contributed by atoms with Crippen molar-refractivity contribution in [1.82, 2.24) is 9.97 Å². The van der Waals surface area contributed by atoms with Crippen LogP contribution in [0.3, 0.4) is 0 Å². The molecule has 0 fully saturated rings. The van der Waals surface area contributed by atoms with E-state index in [9.17, 15) is 0 Å². The van der Waals surface area contributed by atoms with Crippen molar-refractivity contribution in [2.24, 2.45) is 0 Å². The summed E-state index contributed by atoms with van der Waals surface area (Å²) in [5.74, 6) is 1.87. The summed E-state index contributed by atoms with van der Waals surface area (Å²) in [5, 5.41) is 3.45. The van der Waals surface area contributed by atoms with Gasteiger partial charge in [0.2, 0.25) is 0 Å². The summed E-state index contributed by atoms with van der Waals surface area (Å²) in [5.41, 5.74) is 3.71. The zero-order valence-corrected chi connectivity index (χ0v) is 12.6. The number of hydrogen-bond acceptors (Lipinski definition) is 4. The van der Waals surface area contributed by atoms with Gasteiger partial charge in [0.1, 0.15) is 24.5 Å². The van der Waals surface area contributed by atoms with E-state index in [1.54, 1.807) is 6.33 Å². The zero-order valence-electron chi connectivity index (χ0n) is 12.6. The first-order chi connectivity index (χ1) is 10.2. The number of fused-ring (bicyclic) bond motifs is 1. The van der Waals surface area contributed by atoms with Crippen LogP contribution in [-0.4, -0.2) is 22.6 Å². The van der Waals surface area contributed by atoms with E-state index >= 15 is 0 Å². The van der Waals surface area contributed by atoms with E-state index < -0.39 is 0 Å². The lowest BCUT2D eigenvalue weighted by molar-refractivity contribution is 0.303. The smallest absolute Gasteiger partial charge is 0.133 e. The van der Waals surface area contributed by atoms with Crippen molar-refractivity contribution in [1.29, 1.82) is 0 Å². The van der Waals surface area contributed by atoms with E-state index in [0.29, 0.717) is 6.61 Å². The third-order valence-corrected chi connectivity index (χ3v) is 3.78. The lowest BCUT2D eigenvalue weighted by atomic mass is 10.2. The molecule has 1 aliphatic carbocycles. The topological polar surface area (TPSA) is 47.0 Å². The third-order valence-electron chi connectivity index (χ3n) is 3.78. The fourth-order valence-electron chi connectivity index (χ4n) is 2.61. The molecule has 110 valence electrons. The Morgan fingerprint density at radius 3 is 2.81 bits per heavy atom. The summed E-state index contributed by atoms with van der Waals surface area (Å²) in [6, 6.07) is 8.33. The van der Waals surface area contributed by atoms with Crippen molar-refractivity contribution in [2.75, 3.05) is 11.9 Å². The van der Waals surface area contributed by atoms with Crippen LogP contribution in [0.1, 0.15) is 30.2 Å². The first kappa shape index (κ1) is 13.9. The van der Waals surface area contributed by atoms with Gasteiger partial charge in [-0.25, -0.2) is 9.97 Å². The number of nitrogens with zero attached hydrogens (tertiary/aromatic N) is 2. The second-order valence-corrected chi connectivity index (χ2v) is 5.67. The molecule has 1 aliphatic rings. The highest BCUT2D eigenvalue weighted by molar-refractivity contribution is 5.48. The van der Waals surface area contributed by atoms with Crippen LogP contribution >= 0.6 is 0 Å². The van der Waals surface area contributed by atoms with Gasteiger partial charge in [-0.3, -0.25) is 0 Å². The van der Waals surface area contributed by atoms with E-state index in [1.165, 1.54) is 23.2 Å². The van der Waals surface area contributed by atoms with E-state index in [0.717, 1.165) is 24.4 Å². The highest BCUT2D eigenvalue weighted by Crippen LogP contribution is 2.25. The lowest BCUT2D eigenvalue weighted by Crippen LogP contribution is -2.24. The molecule has 1 unspecified atom stereocenters. The Balaban J connectivity index is 1.58. The summed E-state index contributed by atoms with van der Waals surface area (Å²) in [6.45, 7) is 4.79. The number of benzene rings is 1. The Kier molecular flexibility index (Phi) is 4.04. The van der Waals surface area contributed by atoms with Crippen LogP contribution < -0.4 is 10.1 Å². The molecule has 0 aliphatic heterocycles. The Labute approximate surface area is 125 Å². The van der Waals surface area contributed by atoms with Gasteiger partial charge in [-0.1, -0.05) is 17.7 Å². The second kappa shape index (κ2) is 6.12. The molecule has 0 bridgehead atoms. The van der Waals surface area contributed by atoms with Crippen molar-refractivity contribution in [3.63, 3.8) is 0 Å². The maximum atomic E-state index is 5.81. The molecule has 0 saturated carbocycles. The molecule has 3 rings (SSSR count). The Bertz CT molecular complexity index is 610. The molecule has 0 spiro atoms. The van der Waals surface area contributed by atoms with E-state index in [4.69, 9.17) is 4.74 Å². The number of ether oxygens (including phenoxy) is 1. The number of aryl methyl sites for hydroxylation is 2. The maximum Gasteiger partial charge on any atom is 0.133 e. The molecule has 0 saturated heterocycles. The van der Waals surface area contributed by atoms with Crippen LogP contribution in [-0.2, 0) is 12.8 Å². The van der Waals surface area contributed by atoms with E-state index in [2.05, 4.69) is 41.3 Å². The van der Waals surface area contributed by atoms with Crippen molar-refractivity contribution in [2.45, 2.75) is 39.2 Å². The number of aromatic nitrogens is 2. The van der Waals surface area contributed by atoms with Gasteiger partial charge in [-0.05, 0) is 45.2 Å². The van der Waals surface area contributed by atoms with E-state index in [-0.39, 0.29) is 6.04 Å². The molecule has 1 aromatic heterocycles. The van der Waals surface area contributed by atoms with Gasteiger partial charge in [-0.2, -0.15) is 0 Å². The Morgan fingerprint density at radius 2 is 2.00 bits per heavy atom. The zero-order chi connectivity index (χ0) is 14.7. The van der Waals surface area contributed by atoms with Crippen LogP contribution in [0.2, 0.25) is 0 Å². The normalized spacial score (nSPS) is 14.6. The number of rotatable bonds is 5. The van der Waals surface area contributed by atoms with Crippen LogP contribution in [0.4, 0.5) is 5.82 Å². The molecule has 0 radical (unpaired) electrons. The summed E-state index contributed by atoms with van der Waals surface area (Å²) in [4.78, 5) is 8.73. The molecule has 4 nitrogen and oxygen atoms in total. The van der Waals surface area contributed by atoms with Gasteiger partial charge in [-0.15, -0.1) is 0 Å². The average Bonchev–Trinajstić information content (AvgIpc) is 2.96. The van der Waals surface area contributed by atoms with Crippen LogP contribution in [0.15, 0.2) is 30.6 Å². The van der Waals surface area contributed by atoms with Crippen molar-refractivity contribution in [3.05, 3.63) is 47.4 Å². The van der Waals surface area contributed by atoms with Gasteiger partial charge >= 0.3 is 0 Å². The van der Waals surface area contributed by atoms with Gasteiger partial charge < -0.3 is 10.1 Å². The third kappa shape index (κ3) is 3.32. The van der Waals surface area contributed by atoms with Gasteiger partial charge in [0.15, 0.2) is 0 Å². The first-order valence-corrected chi connectivity index (χ1v) is 7.51. The highest BCUT2D eigenvalue weighted by Gasteiger charge is 2.18. The molecule has 1 N–H and O–H groups in total. The van der Waals surface area contributed by atoms with Crippen LogP contribution in [0.25, 0.3) is 0 Å². The summed E-state index contributed by atoms with van der Waals surface area (Å²) in [6.07, 6.45) is 4.97. The van der Waals surface area contributed by atoms with Gasteiger partial charge in [0, 0.05) is 11.3 Å². The standard InChI is InChI=1S/C17H21N3O/c1-12-6-8-14(9-7-12)21-10-13(2)20-17-15-4-3-5-16(15)18-11-19-17/h6-9,11,13H,3-5,10H2,1-2H3,(H,18,19,20). The monoisotopic (exact) mass is 283 g/mol. The average molecular weight is 283 g/mol. The van der Waals surface area contributed by atoms with Crippen molar-refractivity contribution < 1.29 is 4.74 Å². The molecule has 1 aromatic carbocycles. The molecule has 0 amide bonds. The molecule has 4 heteroatoms. The quantitative estimate of drug-likeness (QED) is 0.915. The van der Waals surface area contributed by atoms with Crippen LogP contribution in [0, 0.1) is 6.92 Å². The largest absolute Gasteiger partial charge is 0.491 e. The maximum absolute atomic E-state index is 5.81. The summed E-state index contributed by atoms with van der Waals surface area (Å²) < 4.78 is 5.81. The van der Waals surface area contributed by atoms with Crippen LogP contribution in [0.5, 0.6) is 5.75 Å². The van der Waals surface area contributed by atoms with Crippen molar-refractivity contribution >= 4 is 5.82 Å². The van der Waals surface area contributed by atoms with Gasteiger partial charge in [0.25, 0.3) is 0 Å². The molecular formula is C17H21N3O. The number of anilines is 1. The first-order valence-electron chi connectivity index (χ1n) is 7.51. The second-order valence-electron chi connectivity index (χ2n) is 5.67. The number of nitrogens with one attached hydrogen (secondary N) is 1. The molecule has 21 heavy (non-hydrogen) atoms. The summed E-state index contributed by atoms with van der Waals surface area (Å²) >= 11 is 0. The highest BCUT2D eigenvalue weighted by atomic mass is 16.5. The SMILES string of the molecule is Cc1ccc(OCC(C)Nc2ncnc3c2CCC3)cc1. The molecular weight excluding hydrogens is 262 g/mol. The minimum absolute atomic E-state index is 0.200. The van der Waals surface area contributed by atoms with Crippen molar-refractivity contribution in [3.8, 4) is 5.75 Å². The fraction of sp³-hybridized carbons (Fsp3) is 0.412. The Morgan fingerprint density at radius 1 is 1.19 bits per heavy atom. The predicted octanol–water partition coefficient (Wildman–Crippen LogP) is 3.15.